The number of hydrogen-bond donors (Lipinski definition) is 2. The fraction of sp³-hybridized carbons (Fsp3) is 0.118. The molecule has 1 heterocycles. The van der Waals surface area contributed by atoms with E-state index < -0.39 is 0 Å². The molecule has 0 saturated heterocycles. The second-order valence-electron chi connectivity index (χ2n) is 5.17. The topological polar surface area (TPSA) is 62.7 Å². The third-order valence-electron chi connectivity index (χ3n) is 3.51. The summed E-state index contributed by atoms with van der Waals surface area (Å²) in [5.41, 5.74) is 4.29. The monoisotopic (exact) mass is 369 g/mol. The molecule has 3 aromatic rings. The average Bonchev–Trinajstić information content (AvgIpc) is 2.52. The number of benzene rings is 2. The molecule has 0 aliphatic carbocycles. The van der Waals surface area contributed by atoms with Crippen LogP contribution in [0.4, 0.5) is 23.1 Å². The summed E-state index contributed by atoms with van der Waals surface area (Å²) in [6, 6.07) is 13.9. The molecule has 0 amide bonds. The summed E-state index contributed by atoms with van der Waals surface area (Å²) < 4.78 is 0.998. The van der Waals surface area contributed by atoms with Gasteiger partial charge in [0, 0.05) is 15.8 Å². The molecule has 6 heteroatoms. The minimum atomic E-state index is 0.457. The van der Waals surface area contributed by atoms with Crippen molar-refractivity contribution in [2.75, 3.05) is 10.6 Å². The van der Waals surface area contributed by atoms with Crippen molar-refractivity contribution < 1.29 is 0 Å². The molecule has 3 rings (SSSR count). The quantitative estimate of drug-likeness (QED) is 0.695. The molecule has 0 bridgehead atoms. The summed E-state index contributed by atoms with van der Waals surface area (Å²) in [5, 5.41) is 14.5. The Labute approximate surface area is 143 Å². The van der Waals surface area contributed by atoms with Crippen LogP contribution >= 0.6 is 15.9 Å². The van der Waals surface area contributed by atoms with E-state index in [2.05, 4.69) is 61.7 Å². The molecule has 0 aliphatic heterocycles. The zero-order chi connectivity index (χ0) is 16.2. The van der Waals surface area contributed by atoms with Crippen LogP contribution in [0.25, 0.3) is 0 Å². The Morgan fingerprint density at radius 2 is 1.83 bits per heavy atom. The van der Waals surface area contributed by atoms with E-state index in [-0.39, 0.29) is 0 Å². The maximum atomic E-state index is 4.45. The Kier molecular flexibility index (Phi) is 4.52. The summed E-state index contributed by atoms with van der Waals surface area (Å²) in [4.78, 5) is 4.45. The van der Waals surface area contributed by atoms with Gasteiger partial charge < -0.3 is 10.6 Å². The second kappa shape index (κ2) is 6.75. The van der Waals surface area contributed by atoms with E-state index >= 15 is 0 Å². The molecule has 5 nitrogen and oxygen atoms in total. The van der Waals surface area contributed by atoms with E-state index in [1.54, 1.807) is 6.20 Å². The van der Waals surface area contributed by atoms with Crippen LogP contribution in [-0.2, 0) is 0 Å². The van der Waals surface area contributed by atoms with Gasteiger partial charge >= 0.3 is 0 Å². The zero-order valence-electron chi connectivity index (χ0n) is 12.8. The van der Waals surface area contributed by atoms with Crippen molar-refractivity contribution in [2.24, 2.45) is 0 Å². The first-order valence-electron chi connectivity index (χ1n) is 7.17. The van der Waals surface area contributed by atoms with Gasteiger partial charge in [0.25, 0.3) is 0 Å². The lowest BCUT2D eigenvalue weighted by Crippen LogP contribution is -2.03. The predicted octanol–water partition coefficient (Wildman–Crippen LogP) is 4.74. The fourth-order valence-electron chi connectivity index (χ4n) is 2.14. The molecule has 0 aliphatic rings. The van der Waals surface area contributed by atoms with Crippen LogP contribution in [0.3, 0.4) is 0 Å². The number of anilines is 4. The van der Waals surface area contributed by atoms with Gasteiger partial charge in [0.1, 0.15) is 0 Å². The van der Waals surface area contributed by atoms with E-state index in [0.29, 0.717) is 11.8 Å². The molecular weight excluding hydrogens is 354 g/mol. The molecule has 116 valence electrons. The first-order chi connectivity index (χ1) is 11.1. The highest BCUT2D eigenvalue weighted by atomic mass is 79.9. The average molecular weight is 370 g/mol. The van der Waals surface area contributed by atoms with Gasteiger partial charge in [0.05, 0.1) is 6.20 Å². The van der Waals surface area contributed by atoms with Crippen molar-refractivity contribution in [3.05, 3.63) is 64.3 Å². The summed E-state index contributed by atoms with van der Waals surface area (Å²) in [7, 11) is 0. The Morgan fingerprint density at radius 1 is 1.00 bits per heavy atom. The van der Waals surface area contributed by atoms with Crippen LogP contribution in [0.15, 0.2) is 53.1 Å². The maximum absolute atomic E-state index is 4.45. The molecule has 0 saturated carbocycles. The van der Waals surface area contributed by atoms with Gasteiger partial charge in [-0.3, -0.25) is 0 Å². The highest BCUT2D eigenvalue weighted by Crippen LogP contribution is 2.22. The lowest BCUT2D eigenvalue weighted by Gasteiger charge is -2.11. The van der Waals surface area contributed by atoms with Crippen molar-refractivity contribution in [3.63, 3.8) is 0 Å². The highest BCUT2D eigenvalue weighted by molar-refractivity contribution is 9.10. The Bertz CT molecular complexity index is 835. The predicted molar refractivity (Wildman–Crippen MR) is 96.5 cm³/mol. The smallest absolute Gasteiger partial charge is 0.249 e. The maximum Gasteiger partial charge on any atom is 0.249 e. The fourth-order valence-corrected chi connectivity index (χ4v) is 2.54. The van der Waals surface area contributed by atoms with Crippen molar-refractivity contribution in [1.29, 1.82) is 0 Å². The molecule has 2 aromatic carbocycles. The highest BCUT2D eigenvalue weighted by Gasteiger charge is 2.05. The van der Waals surface area contributed by atoms with Gasteiger partial charge in [-0.15, -0.1) is 5.10 Å². The van der Waals surface area contributed by atoms with Gasteiger partial charge in [0.2, 0.25) is 5.95 Å². The molecule has 2 N–H and O–H groups in total. The summed E-state index contributed by atoms with van der Waals surface area (Å²) >= 11 is 3.45. The first kappa shape index (κ1) is 15.4. The van der Waals surface area contributed by atoms with Gasteiger partial charge in [-0.05, 0) is 49.2 Å². The van der Waals surface area contributed by atoms with Gasteiger partial charge in [0.15, 0.2) is 5.82 Å². The van der Waals surface area contributed by atoms with Crippen molar-refractivity contribution in [1.82, 2.24) is 15.2 Å². The largest absolute Gasteiger partial charge is 0.339 e. The lowest BCUT2D eigenvalue weighted by molar-refractivity contribution is 0.981. The van der Waals surface area contributed by atoms with Crippen LogP contribution in [0, 0.1) is 13.8 Å². The summed E-state index contributed by atoms with van der Waals surface area (Å²) in [5.74, 6) is 1.09. The minimum absolute atomic E-state index is 0.457. The van der Waals surface area contributed by atoms with Gasteiger partial charge in [-0.1, -0.05) is 34.1 Å². The Hall–Kier alpha value is -2.47. The third kappa shape index (κ3) is 3.84. The molecule has 0 atom stereocenters. The van der Waals surface area contributed by atoms with Crippen LogP contribution in [-0.4, -0.2) is 15.2 Å². The molecule has 0 fully saturated rings. The number of aryl methyl sites for hydroxylation is 1. The second-order valence-corrected chi connectivity index (χ2v) is 6.09. The van der Waals surface area contributed by atoms with E-state index in [0.717, 1.165) is 15.8 Å². The minimum Gasteiger partial charge on any atom is -0.339 e. The molecule has 1 aromatic heterocycles. The summed E-state index contributed by atoms with van der Waals surface area (Å²) in [6.07, 6.45) is 1.59. The number of aromatic nitrogens is 3. The Balaban J connectivity index is 1.81. The van der Waals surface area contributed by atoms with E-state index in [1.807, 2.05) is 36.4 Å². The number of nitrogens with zero attached hydrogens (tertiary/aromatic N) is 3. The SMILES string of the molecule is Cc1cccc(Nc2nncc(Nc3cccc(Br)c3)n2)c1C. The Morgan fingerprint density at radius 3 is 2.65 bits per heavy atom. The molecule has 0 spiro atoms. The van der Waals surface area contributed by atoms with Crippen LogP contribution < -0.4 is 10.6 Å². The lowest BCUT2D eigenvalue weighted by atomic mass is 10.1. The number of nitrogens with one attached hydrogen (secondary N) is 2. The normalized spacial score (nSPS) is 10.4. The standard InChI is InChI=1S/C17H16BrN5/c1-11-5-3-8-15(12(11)2)21-17-22-16(10-19-23-17)20-14-7-4-6-13(18)9-14/h3-10H,1-2H3,(H2,20,21,22,23). The van der Waals surface area contributed by atoms with Crippen molar-refractivity contribution in [3.8, 4) is 0 Å². The van der Waals surface area contributed by atoms with Crippen LogP contribution in [0.1, 0.15) is 11.1 Å². The molecular formula is C17H16BrN5. The molecule has 0 radical (unpaired) electrons. The van der Waals surface area contributed by atoms with Gasteiger partial charge in [-0.25, -0.2) is 0 Å². The molecule has 0 unspecified atom stereocenters. The third-order valence-corrected chi connectivity index (χ3v) is 4.00. The van der Waals surface area contributed by atoms with Crippen LogP contribution in [0.5, 0.6) is 0 Å². The van der Waals surface area contributed by atoms with Gasteiger partial charge in [-0.2, -0.15) is 10.1 Å². The van der Waals surface area contributed by atoms with Crippen molar-refractivity contribution >= 4 is 39.1 Å². The number of hydrogen-bond acceptors (Lipinski definition) is 5. The summed E-state index contributed by atoms with van der Waals surface area (Å²) in [6.45, 7) is 4.14. The zero-order valence-corrected chi connectivity index (χ0v) is 14.4. The van der Waals surface area contributed by atoms with E-state index in [1.165, 1.54) is 11.1 Å². The number of halogens is 1. The first-order valence-corrected chi connectivity index (χ1v) is 7.97. The molecule has 23 heavy (non-hydrogen) atoms. The number of rotatable bonds is 4. The van der Waals surface area contributed by atoms with E-state index in [4.69, 9.17) is 0 Å². The van der Waals surface area contributed by atoms with E-state index in [9.17, 15) is 0 Å². The van der Waals surface area contributed by atoms with Crippen LogP contribution in [0.2, 0.25) is 0 Å². The van der Waals surface area contributed by atoms with Crippen molar-refractivity contribution in [2.45, 2.75) is 13.8 Å².